The number of carbonyl (C=O) groups excluding carboxylic acids is 1. The molecule has 0 aliphatic rings. The van der Waals surface area contributed by atoms with E-state index in [0.29, 0.717) is 27.3 Å². The normalized spacial score (nSPS) is 10.7. The monoisotopic (exact) mass is 287 g/mol. The van der Waals surface area contributed by atoms with E-state index in [9.17, 15) is 9.59 Å². The second-order valence-electron chi connectivity index (χ2n) is 4.27. The first-order valence-electron chi connectivity index (χ1n) is 5.91. The molecule has 0 aliphatic heterocycles. The zero-order valence-electron chi connectivity index (χ0n) is 10.2. The highest BCUT2D eigenvalue weighted by atomic mass is 35.5. The highest BCUT2D eigenvalue weighted by Crippen LogP contribution is 2.17. The number of carbonyl (C=O) groups is 1. The Morgan fingerprint density at radius 2 is 1.80 bits per heavy atom. The molecule has 20 heavy (non-hydrogen) atoms. The number of anilines is 1. The second kappa shape index (κ2) is 4.86. The van der Waals surface area contributed by atoms with E-state index in [-0.39, 0.29) is 11.6 Å². The van der Waals surface area contributed by atoms with E-state index in [1.54, 1.807) is 42.5 Å². The van der Waals surface area contributed by atoms with E-state index in [2.05, 4.69) is 15.3 Å². The number of rotatable bonds is 2. The summed E-state index contributed by atoms with van der Waals surface area (Å²) < 4.78 is 0. The number of halogens is 1. The lowest BCUT2D eigenvalue weighted by atomic mass is 10.1. The standard InChI is InChI=1S/C14H10ClN3O2/c15-8-4-6-9(7-5-8)16-13(19)10-2-1-3-11-12(10)18-14(20)17-11/h1-7H,(H,16,19)(H2,17,18,20). The fourth-order valence-electron chi connectivity index (χ4n) is 1.98. The number of aromatic amines is 2. The van der Waals surface area contributed by atoms with Crippen LogP contribution in [0.3, 0.4) is 0 Å². The van der Waals surface area contributed by atoms with Crippen LogP contribution in [0.1, 0.15) is 10.4 Å². The van der Waals surface area contributed by atoms with E-state index >= 15 is 0 Å². The quantitative estimate of drug-likeness (QED) is 0.678. The van der Waals surface area contributed by atoms with Crippen molar-refractivity contribution in [2.45, 2.75) is 0 Å². The van der Waals surface area contributed by atoms with Gasteiger partial charge < -0.3 is 15.3 Å². The molecule has 6 heteroatoms. The van der Waals surface area contributed by atoms with Crippen molar-refractivity contribution in [2.75, 3.05) is 5.32 Å². The van der Waals surface area contributed by atoms with Gasteiger partial charge in [-0.3, -0.25) is 4.79 Å². The lowest BCUT2D eigenvalue weighted by Crippen LogP contribution is -2.12. The van der Waals surface area contributed by atoms with Gasteiger partial charge in [-0.15, -0.1) is 0 Å². The molecule has 5 nitrogen and oxygen atoms in total. The maximum atomic E-state index is 12.2. The molecule has 0 spiro atoms. The Morgan fingerprint density at radius 3 is 2.55 bits per heavy atom. The van der Waals surface area contributed by atoms with Crippen molar-refractivity contribution in [2.24, 2.45) is 0 Å². The van der Waals surface area contributed by atoms with Gasteiger partial charge in [0.05, 0.1) is 16.6 Å². The van der Waals surface area contributed by atoms with Gasteiger partial charge in [0.2, 0.25) is 0 Å². The first-order chi connectivity index (χ1) is 9.63. The third-order valence-electron chi connectivity index (χ3n) is 2.90. The van der Waals surface area contributed by atoms with Crippen LogP contribution in [0.2, 0.25) is 5.02 Å². The summed E-state index contributed by atoms with van der Waals surface area (Å²) in [4.78, 5) is 28.8. The molecule has 3 aromatic rings. The van der Waals surface area contributed by atoms with Gasteiger partial charge in [0.15, 0.2) is 0 Å². The number of nitrogens with one attached hydrogen (secondary N) is 3. The number of para-hydroxylation sites is 1. The van der Waals surface area contributed by atoms with Crippen LogP contribution in [-0.4, -0.2) is 15.9 Å². The molecular formula is C14H10ClN3O2. The van der Waals surface area contributed by atoms with E-state index in [0.717, 1.165) is 0 Å². The Hall–Kier alpha value is -2.53. The number of imidazole rings is 1. The molecule has 0 radical (unpaired) electrons. The summed E-state index contributed by atoms with van der Waals surface area (Å²) in [6, 6.07) is 11.9. The third kappa shape index (κ3) is 2.31. The Kier molecular flexibility index (Phi) is 3.04. The average Bonchev–Trinajstić information content (AvgIpc) is 2.81. The minimum Gasteiger partial charge on any atom is -0.322 e. The predicted molar refractivity (Wildman–Crippen MR) is 78.3 cm³/mol. The number of hydrogen-bond acceptors (Lipinski definition) is 2. The molecule has 0 saturated heterocycles. The molecule has 0 aliphatic carbocycles. The van der Waals surface area contributed by atoms with Crippen LogP contribution in [0.15, 0.2) is 47.3 Å². The van der Waals surface area contributed by atoms with Gasteiger partial charge in [-0.1, -0.05) is 17.7 Å². The van der Waals surface area contributed by atoms with Gasteiger partial charge in [-0.2, -0.15) is 0 Å². The van der Waals surface area contributed by atoms with Gasteiger partial charge in [0.1, 0.15) is 0 Å². The first kappa shape index (κ1) is 12.5. The van der Waals surface area contributed by atoms with Gasteiger partial charge in [-0.05, 0) is 36.4 Å². The molecule has 1 heterocycles. The van der Waals surface area contributed by atoms with Crippen LogP contribution in [0, 0.1) is 0 Å². The molecule has 0 saturated carbocycles. The maximum Gasteiger partial charge on any atom is 0.323 e. The molecule has 2 aromatic carbocycles. The van der Waals surface area contributed by atoms with Crippen molar-refractivity contribution >= 4 is 34.2 Å². The van der Waals surface area contributed by atoms with E-state index in [4.69, 9.17) is 11.6 Å². The zero-order chi connectivity index (χ0) is 14.1. The Morgan fingerprint density at radius 1 is 1.05 bits per heavy atom. The summed E-state index contributed by atoms with van der Waals surface area (Å²) in [5.74, 6) is -0.298. The van der Waals surface area contributed by atoms with Gasteiger partial charge in [0, 0.05) is 10.7 Å². The number of benzene rings is 2. The third-order valence-corrected chi connectivity index (χ3v) is 3.15. The Labute approximate surface area is 118 Å². The minimum atomic E-state index is -0.341. The largest absolute Gasteiger partial charge is 0.323 e. The first-order valence-corrected chi connectivity index (χ1v) is 6.29. The van der Waals surface area contributed by atoms with Crippen molar-refractivity contribution in [1.82, 2.24) is 9.97 Å². The smallest absolute Gasteiger partial charge is 0.322 e. The molecule has 1 amide bonds. The molecule has 1 aromatic heterocycles. The maximum absolute atomic E-state index is 12.2. The molecule has 3 N–H and O–H groups in total. The molecule has 3 rings (SSSR count). The van der Waals surface area contributed by atoms with Crippen molar-refractivity contribution in [3.63, 3.8) is 0 Å². The van der Waals surface area contributed by atoms with Crippen molar-refractivity contribution in [1.29, 1.82) is 0 Å². The van der Waals surface area contributed by atoms with Gasteiger partial charge in [0.25, 0.3) is 5.91 Å². The van der Waals surface area contributed by atoms with Crippen LogP contribution in [0.4, 0.5) is 5.69 Å². The number of hydrogen-bond donors (Lipinski definition) is 3. The highest BCUT2D eigenvalue weighted by Gasteiger charge is 2.12. The van der Waals surface area contributed by atoms with Crippen LogP contribution >= 0.6 is 11.6 Å². The number of fused-ring (bicyclic) bond motifs is 1. The van der Waals surface area contributed by atoms with Crippen molar-refractivity contribution in [3.05, 3.63) is 63.5 Å². The predicted octanol–water partition coefficient (Wildman–Crippen LogP) is 2.76. The summed E-state index contributed by atoms with van der Waals surface area (Å²) >= 11 is 5.79. The highest BCUT2D eigenvalue weighted by molar-refractivity contribution is 6.30. The number of aromatic nitrogens is 2. The molecule has 0 fully saturated rings. The minimum absolute atomic E-state index is 0.298. The Bertz CT molecular complexity index is 833. The fourth-order valence-corrected chi connectivity index (χ4v) is 2.11. The lowest BCUT2D eigenvalue weighted by molar-refractivity contribution is 0.102. The Balaban J connectivity index is 1.96. The lowest BCUT2D eigenvalue weighted by Gasteiger charge is -2.06. The summed E-state index contributed by atoms with van der Waals surface area (Å²) in [6.07, 6.45) is 0. The van der Waals surface area contributed by atoms with Crippen molar-refractivity contribution in [3.8, 4) is 0 Å². The van der Waals surface area contributed by atoms with E-state index < -0.39 is 0 Å². The van der Waals surface area contributed by atoms with Crippen LogP contribution in [0.5, 0.6) is 0 Å². The van der Waals surface area contributed by atoms with Gasteiger partial charge >= 0.3 is 5.69 Å². The fraction of sp³-hybridized carbons (Fsp3) is 0. The molecular weight excluding hydrogens is 278 g/mol. The molecule has 100 valence electrons. The van der Waals surface area contributed by atoms with Crippen LogP contribution in [0.25, 0.3) is 11.0 Å². The summed E-state index contributed by atoms with van der Waals surface area (Å²) in [7, 11) is 0. The van der Waals surface area contributed by atoms with Crippen LogP contribution < -0.4 is 11.0 Å². The molecule has 0 unspecified atom stereocenters. The number of amides is 1. The van der Waals surface area contributed by atoms with E-state index in [1.165, 1.54) is 0 Å². The average molecular weight is 288 g/mol. The molecule has 0 bridgehead atoms. The van der Waals surface area contributed by atoms with Crippen LogP contribution in [-0.2, 0) is 0 Å². The van der Waals surface area contributed by atoms with Gasteiger partial charge in [-0.25, -0.2) is 4.79 Å². The molecule has 0 atom stereocenters. The second-order valence-corrected chi connectivity index (χ2v) is 4.70. The summed E-state index contributed by atoms with van der Waals surface area (Å²) in [5.41, 5.74) is 1.78. The number of H-pyrrole nitrogens is 2. The zero-order valence-corrected chi connectivity index (χ0v) is 11.0. The van der Waals surface area contributed by atoms with Crippen molar-refractivity contribution < 1.29 is 4.79 Å². The summed E-state index contributed by atoms with van der Waals surface area (Å²) in [5, 5.41) is 3.35. The SMILES string of the molecule is O=C(Nc1ccc(Cl)cc1)c1cccc2[nH]c(=O)[nH]c12. The topological polar surface area (TPSA) is 77.8 Å². The van der Waals surface area contributed by atoms with E-state index in [1.807, 2.05) is 0 Å². The summed E-state index contributed by atoms with van der Waals surface area (Å²) in [6.45, 7) is 0.